The van der Waals surface area contributed by atoms with Gasteiger partial charge in [-0.3, -0.25) is 4.79 Å². The van der Waals surface area contributed by atoms with Gasteiger partial charge in [0, 0.05) is 19.0 Å². The van der Waals surface area contributed by atoms with Gasteiger partial charge in [-0.15, -0.1) is 0 Å². The molecule has 0 unspecified atom stereocenters. The van der Waals surface area contributed by atoms with Gasteiger partial charge in [0.2, 0.25) is 15.9 Å². The molecule has 7 heteroatoms. The van der Waals surface area contributed by atoms with Gasteiger partial charge in [0.25, 0.3) is 0 Å². The van der Waals surface area contributed by atoms with E-state index in [0.717, 1.165) is 12.0 Å². The number of piperidine rings is 1. The van der Waals surface area contributed by atoms with Crippen molar-refractivity contribution in [2.75, 3.05) is 24.2 Å². The number of amides is 1. The topological polar surface area (TPSA) is 75.7 Å². The molecule has 2 aromatic carbocycles. The largest absolute Gasteiger partial charge is 0.455 e. The van der Waals surface area contributed by atoms with Gasteiger partial charge in [-0.25, -0.2) is 12.7 Å². The minimum atomic E-state index is -3.22. The van der Waals surface area contributed by atoms with Gasteiger partial charge < -0.3 is 10.1 Å². The monoisotopic (exact) mass is 430 g/mol. The van der Waals surface area contributed by atoms with Crippen LogP contribution < -0.4 is 10.1 Å². The Morgan fingerprint density at radius 1 is 1.13 bits per heavy atom. The molecule has 1 aliphatic heterocycles. The lowest BCUT2D eigenvalue weighted by molar-refractivity contribution is -0.120. The Hall–Kier alpha value is -2.38. The fourth-order valence-corrected chi connectivity index (χ4v) is 5.23. The number of aryl methyl sites for hydroxylation is 1. The quantitative estimate of drug-likeness (QED) is 0.666. The molecule has 3 rings (SSSR count). The third kappa shape index (κ3) is 5.83. The molecule has 1 amide bonds. The first-order valence-corrected chi connectivity index (χ1v) is 12.1. The number of ether oxygens (including phenoxy) is 1. The number of unbranched alkanes of at least 4 members (excludes halogenated alkanes) is 1. The molecule has 1 fully saturated rings. The number of carbonyl (C=O) groups is 1. The van der Waals surface area contributed by atoms with Crippen molar-refractivity contribution in [1.82, 2.24) is 4.31 Å². The molecular formula is C23H30N2O4S. The van der Waals surface area contributed by atoms with E-state index >= 15 is 0 Å². The van der Waals surface area contributed by atoms with E-state index in [0.29, 0.717) is 49.5 Å². The van der Waals surface area contributed by atoms with Crippen LogP contribution in [0.1, 0.15) is 38.2 Å². The lowest BCUT2D eigenvalue weighted by Crippen LogP contribution is -2.42. The van der Waals surface area contributed by atoms with E-state index in [1.54, 1.807) is 0 Å². The average molecular weight is 431 g/mol. The number of hydrogen-bond acceptors (Lipinski definition) is 4. The first kappa shape index (κ1) is 22.3. The molecule has 1 aliphatic rings. The van der Waals surface area contributed by atoms with E-state index in [9.17, 15) is 13.2 Å². The van der Waals surface area contributed by atoms with Crippen molar-refractivity contribution in [3.8, 4) is 11.5 Å². The Balaban J connectivity index is 1.61. The van der Waals surface area contributed by atoms with E-state index in [4.69, 9.17) is 4.74 Å². The normalized spacial score (nSPS) is 15.7. The van der Waals surface area contributed by atoms with Gasteiger partial charge >= 0.3 is 0 Å². The fraction of sp³-hybridized carbons (Fsp3) is 0.435. The van der Waals surface area contributed by atoms with Gasteiger partial charge in [0.05, 0.1) is 11.4 Å². The molecule has 1 N–H and O–H groups in total. The van der Waals surface area contributed by atoms with Crippen molar-refractivity contribution >= 4 is 21.6 Å². The molecule has 30 heavy (non-hydrogen) atoms. The first-order valence-electron chi connectivity index (χ1n) is 10.5. The average Bonchev–Trinajstić information content (AvgIpc) is 2.74. The van der Waals surface area contributed by atoms with Gasteiger partial charge in [-0.1, -0.05) is 37.6 Å². The molecule has 6 nitrogen and oxygen atoms in total. The first-order chi connectivity index (χ1) is 14.4. The van der Waals surface area contributed by atoms with Crippen molar-refractivity contribution in [2.24, 2.45) is 5.92 Å². The Morgan fingerprint density at radius 3 is 2.57 bits per heavy atom. The highest BCUT2D eigenvalue weighted by atomic mass is 32.2. The maximum atomic E-state index is 12.8. The van der Waals surface area contributed by atoms with E-state index in [1.807, 2.05) is 62.4 Å². The Kier molecular flexibility index (Phi) is 7.50. The van der Waals surface area contributed by atoms with Gasteiger partial charge in [-0.05, 0) is 56.0 Å². The molecule has 2 aromatic rings. The molecule has 1 saturated heterocycles. The standard InChI is InChI=1S/C23H30N2O4S/c1-3-4-16-30(27,28)25-14-12-19(13-15-25)23(26)24-21-10-5-6-11-22(21)29-20-9-7-8-18(2)17-20/h5-11,17,19H,3-4,12-16H2,1-2H3,(H,24,26). The van der Waals surface area contributed by atoms with Gasteiger partial charge in [-0.2, -0.15) is 0 Å². The van der Waals surface area contributed by atoms with Crippen molar-refractivity contribution in [1.29, 1.82) is 0 Å². The summed E-state index contributed by atoms with van der Waals surface area (Å²) in [6, 6.07) is 15.1. The highest BCUT2D eigenvalue weighted by Crippen LogP contribution is 2.31. The van der Waals surface area contributed by atoms with Gasteiger partial charge in [0.1, 0.15) is 5.75 Å². The molecule has 0 aliphatic carbocycles. The van der Waals surface area contributed by atoms with Crippen LogP contribution in [0.25, 0.3) is 0 Å². The van der Waals surface area contributed by atoms with Crippen LogP contribution in [0, 0.1) is 12.8 Å². The zero-order valence-corrected chi connectivity index (χ0v) is 18.5. The van der Waals surface area contributed by atoms with E-state index < -0.39 is 10.0 Å². The summed E-state index contributed by atoms with van der Waals surface area (Å²) >= 11 is 0. The highest BCUT2D eigenvalue weighted by molar-refractivity contribution is 7.89. The zero-order valence-electron chi connectivity index (χ0n) is 17.6. The molecular weight excluding hydrogens is 400 g/mol. The lowest BCUT2D eigenvalue weighted by atomic mass is 9.97. The van der Waals surface area contributed by atoms with Crippen LogP contribution in [-0.4, -0.2) is 37.5 Å². The van der Waals surface area contributed by atoms with Crippen molar-refractivity contribution in [3.63, 3.8) is 0 Å². The number of anilines is 1. The lowest BCUT2D eigenvalue weighted by Gasteiger charge is -2.30. The van der Waals surface area contributed by atoms with Gasteiger partial charge in [0.15, 0.2) is 5.75 Å². The maximum Gasteiger partial charge on any atom is 0.227 e. The smallest absolute Gasteiger partial charge is 0.227 e. The Bertz CT molecular complexity index is 967. The third-order valence-corrected chi connectivity index (χ3v) is 7.29. The summed E-state index contributed by atoms with van der Waals surface area (Å²) in [5.74, 6) is 1.16. The molecule has 162 valence electrons. The van der Waals surface area contributed by atoms with Crippen LogP contribution in [0.3, 0.4) is 0 Å². The number of sulfonamides is 1. The SMILES string of the molecule is CCCCS(=O)(=O)N1CCC(C(=O)Nc2ccccc2Oc2cccc(C)c2)CC1. The van der Waals surface area contributed by atoms with Crippen LogP contribution in [0.4, 0.5) is 5.69 Å². The van der Waals surface area contributed by atoms with E-state index in [2.05, 4.69) is 5.32 Å². The Labute approximate surface area is 179 Å². The second-order valence-electron chi connectivity index (χ2n) is 7.75. The predicted molar refractivity (Wildman–Crippen MR) is 119 cm³/mol. The molecule has 0 spiro atoms. The molecule has 1 heterocycles. The van der Waals surface area contributed by atoms with E-state index in [-0.39, 0.29) is 17.6 Å². The summed E-state index contributed by atoms with van der Waals surface area (Å²) in [6.07, 6.45) is 2.57. The summed E-state index contributed by atoms with van der Waals surface area (Å²) in [5.41, 5.74) is 1.71. The van der Waals surface area contributed by atoms with Crippen LogP contribution in [-0.2, 0) is 14.8 Å². The van der Waals surface area contributed by atoms with Crippen LogP contribution >= 0.6 is 0 Å². The van der Waals surface area contributed by atoms with Crippen LogP contribution in [0.15, 0.2) is 48.5 Å². The second kappa shape index (κ2) is 10.1. The molecule has 0 bridgehead atoms. The van der Waals surface area contributed by atoms with Crippen LogP contribution in [0.5, 0.6) is 11.5 Å². The minimum absolute atomic E-state index is 0.0964. The van der Waals surface area contributed by atoms with E-state index in [1.165, 1.54) is 4.31 Å². The van der Waals surface area contributed by atoms with Crippen molar-refractivity contribution in [2.45, 2.75) is 39.5 Å². The number of rotatable bonds is 8. The number of benzene rings is 2. The number of nitrogens with zero attached hydrogens (tertiary/aromatic N) is 1. The number of hydrogen-bond donors (Lipinski definition) is 1. The van der Waals surface area contributed by atoms with Crippen LogP contribution in [0.2, 0.25) is 0 Å². The second-order valence-corrected chi connectivity index (χ2v) is 9.84. The summed E-state index contributed by atoms with van der Waals surface area (Å²) in [5, 5.41) is 2.97. The summed E-state index contributed by atoms with van der Waals surface area (Å²) in [7, 11) is -3.22. The minimum Gasteiger partial charge on any atom is -0.455 e. The number of carbonyl (C=O) groups excluding carboxylic acids is 1. The summed E-state index contributed by atoms with van der Waals surface area (Å²) < 4.78 is 32.2. The molecule has 0 atom stereocenters. The molecule has 0 radical (unpaired) electrons. The third-order valence-electron chi connectivity index (χ3n) is 5.34. The van der Waals surface area contributed by atoms with Crippen molar-refractivity contribution < 1.29 is 17.9 Å². The highest BCUT2D eigenvalue weighted by Gasteiger charge is 2.31. The predicted octanol–water partition coefficient (Wildman–Crippen LogP) is 4.57. The summed E-state index contributed by atoms with van der Waals surface area (Å²) in [6.45, 7) is 4.76. The number of nitrogens with one attached hydrogen (secondary N) is 1. The van der Waals surface area contributed by atoms with Crippen molar-refractivity contribution in [3.05, 3.63) is 54.1 Å². The zero-order chi connectivity index (χ0) is 21.6. The summed E-state index contributed by atoms with van der Waals surface area (Å²) in [4.78, 5) is 12.8. The number of para-hydroxylation sites is 2. The molecule has 0 saturated carbocycles. The Morgan fingerprint density at radius 2 is 1.87 bits per heavy atom. The maximum absolute atomic E-state index is 12.8. The fourth-order valence-electron chi connectivity index (χ4n) is 3.55. The molecule has 0 aromatic heterocycles.